The highest BCUT2D eigenvalue weighted by molar-refractivity contribution is 8.44. The summed E-state index contributed by atoms with van der Waals surface area (Å²) >= 11 is 8.85. The fourth-order valence-corrected chi connectivity index (χ4v) is 8.00. The van der Waals surface area contributed by atoms with Gasteiger partial charge >= 0.3 is 19.4 Å². The number of rotatable bonds is 2. The Labute approximate surface area is 261 Å². The molecule has 3 aliphatic heterocycles. The fourth-order valence-electron chi connectivity index (χ4n) is 5.12. The molecule has 0 amide bonds. The van der Waals surface area contributed by atoms with Crippen LogP contribution in [0.5, 0.6) is 0 Å². The second-order valence-corrected chi connectivity index (χ2v) is 15.7. The number of hydrogen-bond donors (Lipinski definition) is 5. The number of H-pyrrole nitrogens is 2. The topological polar surface area (TPSA) is 259 Å². The summed E-state index contributed by atoms with van der Waals surface area (Å²) in [4.78, 5) is 51.3. The molecule has 2 bridgehead atoms. The van der Waals surface area contributed by atoms with Gasteiger partial charge in [0, 0.05) is 0 Å². The molecule has 2 unspecified atom stereocenters. The molecule has 3 fully saturated rings. The van der Waals surface area contributed by atoms with Gasteiger partial charge < -0.3 is 29.6 Å². The lowest BCUT2D eigenvalue weighted by Gasteiger charge is -2.28. The van der Waals surface area contributed by atoms with Crippen LogP contribution in [0, 0.1) is 0 Å². The minimum Gasteiger partial charge on any atom is -0.369 e. The molecular formula is C19H19F3N10O10P2S2. The number of nitrogens with one attached hydrogen (secondary N) is 2. The van der Waals surface area contributed by atoms with E-state index in [0.717, 1.165) is 17.2 Å². The Morgan fingerprint density at radius 1 is 1.11 bits per heavy atom. The third kappa shape index (κ3) is 5.38. The highest BCUT2D eigenvalue weighted by Gasteiger charge is 2.64. The van der Waals surface area contributed by atoms with Crippen LogP contribution in [0.3, 0.4) is 0 Å². The molecule has 0 aromatic carbocycles. The van der Waals surface area contributed by atoms with E-state index in [1.807, 2.05) is 0 Å². The summed E-state index contributed by atoms with van der Waals surface area (Å²) in [6, 6.07) is 0. The Bertz CT molecular complexity index is 2070. The van der Waals surface area contributed by atoms with Crippen molar-refractivity contribution in [2.24, 2.45) is 0 Å². The molecule has 5 N–H and O–H groups in total. The molecule has 0 saturated carbocycles. The molecule has 4 aromatic heterocycles. The van der Waals surface area contributed by atoms with Crippen LogP contribution in [-0.4, -0.2) is 99.1 Å². The predicted octanol–water partition coefficient (Wildman–Crippen LogP) is 0.0701. The van der Waals surface area contributed by atoms with Crippen molar-refractivity contribution >= 4 is 65.8 Å². The lowest BCUT2D eigenvalue weighted by molar-refractivity contribution is -0.140. The zero-order chi connectivity index (χ0) is 32.8. The van der Waals surface area contributed by atoms with E-state index in [0.29, 0.717) is 4.68 Å². The van der Waals surface area contributed by atoms with E-state index in [9.17, 15) is 19.0 Å². The van der Waals surface area contributed by atoms with Gasteiger partial charge in [0.05, 0.1) is 25.9 Å². The number of fused-ring (bicyclic) bond motifs is 5. The van der Waals surface area contributed by atoms with E-state index >= 15 is 13.2 Å². The normalized spacial score (nSPS) is 36.7. The quantitative estimate of drug-likeness (QED) is 0.135. The minimum atomic E-state index is -4.67. The van der Waals surface area contributed by atoms with Crippen molar-refractivity contribution in [1.29, 1.82) is 0 Å². The number of halogens is 3. The van der Waals surface area contributed by atoms with Crippen molar-refractivity contribution in [3.05, 3.63) is 33.4 Å². The van der Waals surface area contributed by atoms with E-state index in [4.69, 9.17) is 45.1 Å². The van der Waals surface area contributed by atoms with Gasteiger partial charge in [-0.2, -0.15) is 18.4 Å². The maximum atomic E-state index is 15.9. The predicted molar refractivity (Wildman–Crippen MR) is 151 cm³/mol. The van der Waals surface area contributed by atoms with E-state index in [1.165, 1.54) is 0 Å². The number of aromatic nitrogens is 9. The number of nitrogens with two attached hydrogens (primary N) is 1. The molecule has 7 rings (SSSR count). The molecule has 9 atom stereocenters. The monoisotopic (exact) mass is 730 g/mol. The summed E-state index contributed by atoms with van der Waals surface area (Å²) in [5, 5.41) is 7.12. The third-order valence-corrected chi connectivity index (χ3v) is 10.3. The van der Waals surface area contributed by atoms with Crippen LogP contribution in [0.2, 0.25) is 0 Å². The Hall–Kier alpha value is -2.83. The minimum absolute atomic E-state index is 0.159. The fraction of sp³-hybridized carbons (Fsp3) is 0.526. The van der Waals surface area contributed by atoms with Crippen molar-refractivity contribution in [2.45, 2.75) is 49.0 Å². The van der Waals surface area contributed by atoms with Gasteiger partial charge in [0.25, 0.3) is 11.1 Å². The van der Waals surface area contributed by atoms with Crippen molar-refractivity contribution < 1.29 is 50.2 Å². The lowest BCUT2D eigenvalue weighted by atomic mass is 10.1. The molecule has 46 heavy (non-hydrogen) atoms. The van der Waals surface area contributed by atoms with Crippen molar-refractivity contribution in [3.63, 3.8) is 0 Å². The molecule has 0 aliphatic carbocycles. The molecule has 3 aliphatic rings. The first-order valence-electron chi connectivity index (χ1n) is 12.8. The summed E-state index contributed by atoms with van der Waals surface area (Å²) in [7, 11) is 0. The van der Waals surface area contributed by atoms with Crippen LogP contribution in [0.15, 0.2) is 22.2 Å². The third-order valence-electron chi connectivity index (χ3n) is 7.13. The number of hydrogen-bond acceptors (Lipinski definition) is 16. The standard InChI is InChI=1S/C19H19F3N10O10P2S2/c20-7-5-1-37-44(36,46)42-11-6(40-17(19(11,21)22)32-12-9(29-30-32)14(33)25-3-24-12)2-38-43(35,45)41-10(7)16(39-5)31-4-26-8-13(31)27-18(23)28-15(8)34/h3-7,10-11,16-17H,1-2H2,(H,35,45)(H,36,46)(H,24,25,33)(H3,23,27,28,34)/t5-,6-,7-,10-,11-,16-,17-,43?,44?/m1/s1. The summed E-state index contributed by atoms with van der Waals surface area (Å²) in [5.74, 6) is -4.41. The maximum Gasteiger partial charge on any atom is 0.386 e. The van der Waals surface area contributed by atoms with Crippen LogP contribution < -0.4 is 16.9 Å². The smallest absolute Gasteiger partial charge is 0.369 e. The molecule has 4 aromatic rings. The van der Waals surface area contributed by atoms with Gasteiger partial charge in [-0.3, -0.25) is 32.7 Å². The molecule has 27 heteroatoms. The van der Waals surface area contributed by atoms with Crippen LogP contribution in [0.25, 0.3) is 22.3 Å². The van der Waals surface area contributed by atoms with Gasteiger partial charge in [0.15, 0.2) is 40.8 Å². The number of ether oxygens (including phenoxy) is 2. The number of alkyl halides is 3. The van der Waals surface area contributed by atoms with Gasteiger partial charge in [-0.05, 0) is 11.8 Å². The number of thiol groups is 1. The molecule has 3 saturated heterocycles. The molecule has 7 heterocycles. The summed E-state index contributed by atoms with van der Waals surface area (Å²) < 4.78 is 94.9. The van der Waals surface area contributed by atoms with Crippen LogP contribution >= 0.6 is 25.8 Å². The SMILES string of the molecule is Nc1nc2c(ncn2[C@@H]2O[C@@H]3COP(O)(=S)O[C@@H]4[C@@H](COP(=O)(S)O[C@@H]2[C@@H]3F)O[C@@H](n2nnc3c(=O)[nH]cnc32)C4(F)F)c(=O)[nH]1. The largest absolute Gasteiger partial charge is 0.386 e. The molecule has 20 nitrogen and oxygen atoms in total. The Morgan fingerprint density at radius 3 is 2.65 bits per heavy atom. The summed E-state index contributed by atoms with van der Waals surface area (Å²) in [6.45, 7) is -11.2. The Morgan fingerprint density at radius 2 is 1.87 bits per heavy atom. The second-order valence-electron chi connectivity index (χ2n) is 10.0. The van der Waals surface area contributed by atoms with Crippen LogP contribution in [0.1, 0.15) is 12.5 Å². The first-order valence-corrected chi connectivity index (χ1v) is 18.1. The number of anilines is 1. The van der Waals surface area contributed by atoms with Gasteiger partial charge in [0.1, 0.15) is 18.3 Å². The Kier molecular flexibility index (Phi) is 7.68. The Balaban J connectivity index is 1.23. The number of nitrogen functional groups attached to an aromatic ring is 1. The van der Waals surface area contributed by atoms with Crippen LogP contribution in [0.4, 0.5) is 19.1 Å². The highest BCUT2D eigenvalue weighted by Crippen LogP contribution is 2.60. The van der Waals surface area contributed by atoms with Gasteiger partial charge in [-0.1, -0.05) is 17.5 Å². The van der Waals surface area contributed by atoms with Gasteiger partial charge in [0.2, 0.25) is 12.2 Å². The highest BCUT2D eigenvalue weighted by atomic mass is 32.7. The number of aromatic amines is 2. The van der Waals surface area contributed by atoms with Crippen LogP contribution in [-0.2, 0) is 43.9 Å². The number of imidazole rings is 1. The first kappa shape index (κ1) is 31.8. The van der Waals surface area contributed by atoms with Crippen molar-refractivity contribution in [1.82, 2.24) is 44.5 Å². The van der Waals surface area contributed by atoms with E-state index in [1.54, 1.807) is 0 Å². The zero-order valence-corrected chi connectivity index (χ0v) is 25.8. The van der Waals surface area contributed by atoms with Gasteiger partial charge in [-0.25, -0.2) is 18.9 Å². The van der Waals surface area contributed by atoms with Crippen molar-refractivity contribution in [3.8, 4) is 0 Å². The van der Waals surface area contributed by atoms with E-state index in [2.05, 4.69) is 47.5 Å². The second kappa shape index (κ2) is 11.1. The number of nitrogens with zero attached hydrogens (tertiary/aromatic N) is 7. The average Bonchev–Trinajstić information content (AvgIpc) is 3.71. The molecule has 0 radical (unpaired) electrons. The summed E-state index contributed by atoms with van der Waals surface area (Å²) in [5.41, 5.74) is 3.01. The van der Waals surface area contributed by atoms with Gasteiger partial charge in [-0.15, -0.1) is 5.10 Å². The maximum absolute atomic E-state index is 15.9. The average molecular weight is 730 g/mol. The lowest BCUT2D eigenvalue weighted by Crippen LogP contribution is -2.41. The summed E-state index contributed by atoms with van der Waals surface area (Å²) in [6.07, 6.45) is -11.9. The molecule has 248 valence electrons. The first-order chi connectivity index (χ1) is 21.6. The van der Waals surface area contributed by atoms with Crippen molar-refractivity contribution in [2.75, 3.05) is 18.9 Å². The van der Waals surface area contributed by atoms with E-state index < -0.39 is 86.8 Å². The van der Waals surface area contributed by atoms with E-state index in [-0.39, 0.29) is 28.3 Å². The molecular weight excluding hydrogens is 711 g/mol. The zero-order valence-electron chi connectivity index (χ0n) is 22.3. The molecule has 0 spiro atoms.